The largest absolute Gasteiger partial charge is 0.321 e. The van der Waals surface area contributed by atoms with E-state index < -0.39 is 6.04 Å². The minimum atomic E-state index is -0.503. The van der Waals surface area contributed by atoms with Crippen LogP contribution in [0.1, 0.15) is 70.0 Å². The molecule has 0 aliphatic rings. The van der Waals surface area contributed by atoms with E-state index >= 15 is 0 Å². The number of rotatable bonds is 2. The van der Waals surface area contributed by atoms with Crippen LogP contribution in [0.4, 0.5) is 0 Å². The van der Waals surface area contributed by atoms with E-state index in [0.717, 1.165) is 16.1 Å². The van der Waals surface area contributed by atoms with E-state index in [2.05, 4.69) is 41.5 Å². The first-order chi connectivity index (χ1) is 8.85. The van der Waals surface area contributed by atoms with Crippen molar-refractivity contribution >= 4 is 17.4 Å². The molecule has 0 radical (unpaired) electrons. The van der Waals surface area contributed by atoms with Gasteiger partial charge in [0.25, 0.3) is 0 Å². The highest BCUT2D eigenvalue weighted by Crippen LogP contribution is 2.38. The molecule has 0 aliphatic heterocycles. The monoisotopic (exact) mass is 295 g/mol. The highest BCUT2D eigenvalue weighted by Gasteiger charge is 2.27. The molecule has 20 heavy (non-hydrogen) atoms. The van der Waals surface area contributed by atoms with Crippen molar-refractivity contribution in [2.75, 3.05) is 0 Å². The second-order valence-electron chi connectivity index (χ2n) is 7.54. The number of halogens is 1. The zero-order valence-corrected chi connectivity index (χ0v) is 14.4. The second-order valence-corrected chi connectivity index (χ2v) is 7.92. The summed E-state index contributed by atoms with van der Waals surface area (Å²) in [6.45, 7) is 14.3. The molecule has 0 aromatic heterocycles. The molecule has 0 saturated carbocycles. The molecule has 2 nitrogen and oxygen atoms in total. The Morgan fingerprint density at radius 1 is 1.05 bits per heavy atom. The number of nitrogens with two attached hydrogens (primary N) is 1. The number of carbonyl (C=O) groups is 1. The minimum absolute atomic E-state index is 0.0438. The van der Waals surface area contributed by atoms with Crippen LogP contribution in [0.3, 0.4) is 0 Å². The maximum Gasteiger partial charge on any atom is 0.179 e. The molecule has 1 aromatic carbocycles. The van der Waals surface area contributed by atoms with Crippen LogP contribution < -0.4 is 5.73 Å². The van der Waals surface area contributed by atoms with Gasteiger partial charge in [0, 0.05) is 10.6 Å². The summed E-state index contributed by atoms with van der Waals surface area (Å²) in [5.74, 6) is -0.0438. The van der Waals surface area contributed by atoms with Crippen molar-refractivity contribution in [2.24, 2.45) is 5.73 Å². The fourth-order valence-electron chi connectivity index (χ4n) is 2.12. The number of benzene rings is 1. The molecule has 1 aromatic rings. The van der Waals surface area contributed by atoms with Crippen LogP contribution in [0.5, 0.6) is 0 Å². The zero-order valence-electron chi connectivity index (χ0n) is 13.6. The fourth-order valence-corrected chi connectivity index (χ4v) is 2.80. The van der Waals surface area contributed by atoms with E-state index in [0.29, 0.717) is 5.56 Å². The number of hydrogen-bond donors (Lipinski definition) is 1. The van der Waals surface area contributed by atoms with Crippen LogP contribution >= 0.6 is 11.6 Å². The Hall–Kier alpha value is -0.860. The average Bonchev–Trinajstić information content (AvgIpc) is 2.24. The quantitative estimate of drug-likeness (QED) is 0.818. The van der Waals surface area contributed by atoms with Gasteiger partial charge in [-0.25, -0.2) is 0 Å². The molecule has 0 fully saturated rings. The Bertz CT molecular complexity index is 484. The number of Topliss-reactive ketones (excluding diaryl/α,β-unsaturated/α-hetero) is 1. The summed E-state index contributed by atoms with van der Waals surface area (Å²) in [6.07, 6.45) is 0. The van der Waals surface area contributed by atoms with Crippen LogP contribution in [-0.2, 0) is 10.8 Å². The lowest BCUT2D eigenvalue weighted by Gasteiger charge is -2.28. The summed E-state index contributed by atoms with van der Waals surface area (Å²) in [5, 5.41) is 0.756. The second kappa shape index (κ2) is 5.50. The molecule has 3 heteroatoms. The molecule has 2 N–H and O–H groups in total. The van der Waals surface area contributed by atoms with Gasteiger partial charge in [0.1, 0.15) is 0 Å². The third-order valence-electron chi connectivity index (χ3n) is 3.39. The first kappa shape index (κ1) is 17.2. The molecule has 0 aliphatic carbocycles. The predicted octanol–water partition coefficient (Wildman–Crippen LogP) is 4.46. The standard InChI is InChI=1S/C17H26ClNO/c1-10(19)15(20)11-8-12(16(2,3)4)14(18)13(9-11)17(5,6)7/h8-10H,19H2,1-7H3. The van der Waals surface area contributed by atoms with Crippen molar-refractivity contribution in [3.8, 4) is 0 Å². The Balaban J connectivity index is 3.63. The molecule has 1 atom stereocenters. The Morgan fingerprint density at radius 2 is 1.40 bits per heavy atom. The molecule has 0 spiro atoms. The van der Waals surface area contributed by atoms with Gasteiger partial charge < -0.3 is 5.73 Å². The lowest BCUT2D eigenvalue weighted by molar-refractivity contribution is 0.0967. The first-order valence-corrected chi connectivity index (χ1v) is 7.38. The third kappa shape index (κ3) is 3.62. The van der Waals surface area contributed by atoms with Gasteiger partial charge in [-0.2, -0.15) is 0 Å². The lowest BCUT2D eigenvalue weighted by atomic mass is 9.78. The van der Waals surface area contributed by atoms with E-state index in [1.54, 1.807) is 6.92 Å². The van der Waals surface area contributed by atoms with Crippen LogP contribution in [0, 0.1) is 0 Å². The number of hydrogen-bond acceptors (Lipinski definition) is 2. The van der Waals surface area contributed by atoms with Gasteiger partial charge in [0.05, 0.1) is 6.04 Å². The summed E-state index contributed by atoms with van der Waals surface area (Å²) >= 11 is 6.59. The van der Waals surface area contributed by atoms with E-state index in [1.165, 1.54) is 0 Å². The molecule has 0 bridgehead atoms. The van der Waals surface area contributed by atoms with Crippen LogP contribution in [0.15, 0.2) is 12.1 Å². The van der Waals surface area contributed by atoms with Crippen molar-refractivity contribution in [3.63, 3.8) is 0 Å². The van der Waals surface area contributed by atoms with Gasteiger partial charge in [0.2, 0.25) is 0 Å². The first-order valence-electron chi connectivity index (χ1n) is 7.00. The van der Waals surface area contributed by atoms with Crippen molar-refractivity contribution in [1.29, 1.82) is 0 Å². The molecule has 112 valence electrons. The van der Waals surface area contributed by atoms with Crippen molar-refractivity contribution in [1.82, 2.24) is 0 Å². The van der Waals surface area contributed by atoms with Crippen molar-refractivity contribution in [2.45, 2.75) is 65.3 Å². The van der Waals surface area contributed by atoms with Crippen molar-refractivity contribution in [3.05, 3.63) is 33.8 Å². The SMILES string of the molecule is CC(N)C(=O)c1cc(C(C)(C)C)c(Cl)c(C(C)(C)C)c1. The summed E-state index contributed by atoms with van der Waals surface area (Å²) in [4.78, 5) is 12.2. The molecule has 0 amide bonds. The lowest BCUT2D eigenvalue weighted by Crippen LogP contribution is -2.28. The maximum absolute atomic E-state index is 12.2. The number of carbonyl (C=O) groups excluding carboxylic acids is 1. The van der Waals surface area contributed by atoms with Gasteiger partial charge in [-0.15, -0.1) is 0 Å². The Labute approximate surface area is 127 Å². The molecule has 1 unspecified atom stereocenters. The van der Waals surface area contributed by atoms with Gasteiger partial charge in [-0.1, -0.05) is 53.1 Å². The highest BCUT2D eigenvalue weighted by molar-refractivity contribution is 6.32. The average molecular weight is 296 g/mol. The number of ketones is 1. The van der Waals surface area contributed by atoms with E-state index in [-0.39, 0.29) is 16.6 Å². The molecular formula is C17H26ClNO. The summed E-state index contributed by atoms with van der Waals surface area (Å²) < 4.78 is 0. The van der Waals surface area contributed by atoms with Gasteiger partial charge in [-0.05, 0) is 41.0 Å². The molecule has 0 heterocycles. The minimum Gasteiger partial charge on any atom is -0.321 e. The van der Waals surface area contributed by atoms with Crippen LogP contribution in [0.25, 0.3) is 0 Å². The zero-order chi connectivity index (χ0) is 15.9. The van der Waals surface area contributed by atoms with Gasteiger partial charge >= 0.3 is 0 Å². The Morgan fingerprint density at radius 3 is 1.65 bits per heavy atom. The topological polar surface area (TPSA) is 43.1 Å². The Kier molecular flexibility index (Phi) is 4.72. The normalized spacial score (nSPS) is 14.2. The third-order valence-corrected chi connectivity index (χ3v) is 3.79. The molecule has 1 rings (SSSR count). The van der Waals surface area contributed by atoms with E-state index in [4.69, 9.17) is 17.3 Å². The fraction of sp³-hybridized carbons (Fsp3) is 0.588. The van der Waals surface area contributed by atoms with Gasteiger partial charge in [-0.3, -0.25) is 4.79 Å². The summed E-state index contributed by atoms with van der Waals surface area (Å²) in [6, 6.07) is 3.28. The predicted molar refractivity (Wildman–Crippen MR) is 86.8 cm³/mol. The molecule has 0 saturated heterocycles. The highest BCUT2D eigenvalue weighted by atomic mass is 35.5. The maximum atomic E-state index is 12.2. The van der Waals surface area contributed by atoms with E-state index in [1.807, 2.05) is 12.1 Å². The van der Waals surface area contributed by atoms with E-state index in [9.17, 15) is 4.79 Å². The summed E-state index contributed by atoms with van der Waals surface area (Å²) in [5.41, 5.74) is 8.15. The molecular weight excluding hydrogens is 270 g/mol. The van der Waals surface area contributed by atoms with Crippen LogP contribution in [0.2, 0.25) is 5.02 Å². The van der Waals surface area contributed by atoms with Crippen molar-refractivity contribution < 1.29 is 4.79 Å². The van der Waals surface area contributed by atoms with Crippen LogP contribution in [-0.4, -0.2) is 11.8 Å². The smallest absolute Gasteiger partial charge is 0.179 e. The van der Waals surface area contributed by atoms with Gasteiger partial charge in [0.15, 0.2) is 5.78 Å². The summed E-state index contributed by atoms with van der Waals surface area (Å²) in [7, 11) is 0.